The first-order valence-corrected chi connectivity index (χ1v) is 7.39. The Morgan fingerprint density at radius 3 is 2.53 bits per heavy atom. The first-order chi connectivity index (χ1) is 8.15. The average molecular weight is 241 g/mol. The van der Waals surface area contributed by atoms with Crippen LogP contribution < -0.4 is 11.1 Å². The molecule has 17 heavy (non-hydrogen) atoms. The maximum atomic E-state index is 5.93. The molecule has 0 bridgehead atoms. The molecule has 0 aromatic carbocycles. The van der Waals surface area contributed by atoms with Crippen molar-refractivity contribution in [3.05, 3.63) is 0 Å². The van der Waals surface area contributed by atoms with Crippen molar-refractivity contribution in [1.82, 2.24) is 10.2 Å². The lowest BCUT2D eigenvalue weighted by Gasteiger charge is -2.22. The molecule has 1 fully saturated rings. The van der Waals surface area contributed by atoms with E-state index in [0.717, 1.165) is 0 Å². The van der Waals surface area contributed by atoms with Crippen molar-refractivity contribution < 1.29 is 0 Å². The second-order valence-electron chi connectivity index (χ2n) is 5.51. The number of nitrogens with two attached hydrogens (primary N) is 1. The van der Waals surface area contributed by atoms with Crippen molar-refractivity contribution in [3.8, 4) is 0 Å². The summed E-state index contributed by atoms with van der Waals surface area (Å²) in [5.41, 5.74) is 5.93. The zero-order valence-electron chi connectivity index (χ0n) is 11.9. The zero-order valence-corrected chi connectivity index (χ0v) is 11.9. The van der Waals surface area contributed by atoms with Crippen LogP contribution >= 0.6 is 0 Å². The number of hydrogen-bond acceptors (Lipinski definition) is 3. The molecule has 0 radical (unpaired) electrons. The molecule has 0 amide bonds. The van der Waals surface area contributed by atoms with Gasteiger partial charge in [-0.1, -0.05) is 13.8 Å². The number of hydrogen-bond donors (Lipinski definition) is 2. The number of nitrogens with one attached hydrogen (secondary N) is 1. The smallest absolute Gasteiger partial charge is 0.00848 e. The van der Waals surface area contributed by atoms with Gasteiger partial charge in [0, 0.05) is 18.1 Å². The van der Waals surface area contributed by atoms with Crippen LogP contribution in [0, 0.1) is 0 Å². The van der Waals surface area contributed by atoms with E-state index in [-0.39, 0.29) is 0 Å². The molecule has 0 spiro atoms. The van der Waals surface area contributed by atoms with E-state index in [1.165, 1.54) is 51.7 Å². The van der Waals surface area contributed by atoms with Crippen molar-refractivity contribution in [2.24, 2.45) is 5.73 Å². The lowest BCUT2D eigenvalue weighted by Crippen LogP contribution is -2.36. The van der Waals surface area contributed by atoms with Gasteiger partial charge in [-0.15, -0.1) is 0 Å². The molecule has 0 saturated heterocycles. The average Bonchev–Trinajstić information content (AvgIpc) is 2.70. The van der Waals surface area contributed by atoms with E-state index in [2.05, 4.69) is 31.0 Å². The Morgan fingerprint density at radius 2 is 2.00 bits per heavy atom. The molecule has 0 aromatic heterocycles. The summed E-state index contributed by atoms with van der Waals surface area (Å²) in [6.45, 7) is 10.4. The van der Waals surface area contributed by atoms with Crippen molar-refractivity contribution in [3.63, 3.8) is 0 Å². The minimum absolute atomic E-state index is 0.440. The Kier molecular flexibility index (Phi) is 7.09. The van der Waals surface area contributed by atoms with Crippen LogP contribution in [0.2, 0.25) is 0 Å². The van der Waals surface area contributed by atoms with Gasteiger partial charge in [0.15, 0.2) is 0 Å². The van der Waals surface area contributed by atoms with E-state index in [9.17, 15) is 0 Å². The highest BCUT2D eigenvalue weighted by molar-refractivity contribution is 4.84. The predicted octanol–water partition coefficient (Wildman–Crippen LogP) is 1.97. The summed E-state index contributed by atoms with van der Waals surface area (Å²) in [5, 5.41) is 3.72. The van der Waals surface area contributed by atoms with Crippen molar-refractivity contribution in [1.29, 1.82) is 0 Å². The van der Waals surface area contributed by atoms with Gasteiger partial charge in [-0.2, -0.15) is 0 Å². The van der Waals surface area contributed by atoms with Gasteiger partial charge >= 0.3 is 0 Å². The van der Waals surface area contributed by atoms with Crippen LogP contribution in [-0.2, 0) is 0 Å². The summed E-state index contributed by atoms with van der Waals surface area (Å²) in [4.78, 5) is 2.50. The van der Waals surface area contributed by atoms with E-state index < -0.39 is 0 Å². The minimum atomic E-state index is 0.440. The fourth-order valence-corrected chi connectivity index (χ4v) is 2.81. The Bertz CT molecular complexity index is 192. The molecule has 0 aromatic rings. The van der Waals surface area contributed by atoms with Crippen LogP contribution in [0.5, 0.6) is 0 Å². The molecule has 3 unspecified atom stereocenters. The summed E-state index contributed by atoms with van der Waals surface area (Å²) in [6.07, 6.45) is 6.21. The van der Waals surface area contributed by atoms with E-state index in [1.807, 2.05) is 0 Å². The number of nitrogens with zero attached hydrogens (tertiary/aromatic N) is 1. The third-order valence-electron chi connectivity index (χ3n) is 4.00. The standard InChI is InChI=1S/C14H31N3/c1-4-17(5-2)10-6-7-12(3)16-14-9-8-13(15)11-14/h12-14,16H,4-11,15H2,1-3H3. The van der Waals surface area contributed by atoms with Gasteiger partial charge in [0.2, 0.25) is 0 Å². The fourth-order valence-electron chi connectivity index (χ4n) is 2.81. The lowest BCUT2D eigenvalue weighted by molar-refractivity contribution is 0.287. The summed E-state index contributed by atoms with van der Waals surface area (Å²) in [7, 11) is 0. The Balaban J connectivity index is 2.06. The van der Waals surface area contributed by atoms with Crippen molar-refractivity contribution >= 4 is 0 Å². The van der Waals surface area contributed by atoms with E-state index in [1.54, 1.807) is 0 Å². The highest BCUT2D eigenvalue weighted by Crippen LogP contribution is 2.18. The van der Waals surface area contributed by atoms with E-state index >= 15 is 0 Å². The second-order valence-corrected chi connectivity index (χ2v) is 5.51. The van der Waals surface area contributed by atoms with E-state index in [0.29, 0.717) is 18.1 Å². The first-order valence-electron chi connectivity index (χ1n) is 7.39. The quantitative estimate of drug-likeness (QED) is 0.682. The highest BCUT2D eigenvalue weighted by Gasteiger charge is 2.22. The first kappa shape index (κ1) is 14.9. The summed E-state index contributed by atoms with van der Waals surface area (Å²) in [6, 6.07) is 1.75. The third-order valence-corrected chi connectivity index (χ3v) is 4.00. The maximum Gasteiger partial charge on any atom is 0.00848 e. The summed E-state index contributed by atoms with van der Waals surface area (Å²) >= 11 is 0. The lowest BCUT2D eigenvalue weighted by atomic mass is 10.1. The van der Waals surface area contributed by atoms with Gasteiger partial charge in [0.25, 0.3) is 0 Å². The van der Waals surface area contributed by atoms with Crippen LogP contribution in [0.15, 0.2) is 0 Å². The fraction of sp³-hybridized carbons (Fsp3) is 1.00. The molecule has 3 nitrogen and oxygen atoms in total. The van der Waals surface area contributed by atoms with Gasteiger partial charge in [0.1, 0.15) is 0 Å². The molecule has 1 aliphatic carbocycles. The van der Waals surface area contributed by atoms with Crippen LogP contribution in [0.4, 0.5) is 0 Å². The second kappa shape index (κ2) is 8.06. The van der Waals surface area contributed by atoms with Gasteiger partial charge in [-0.25, -0.2) is 0 Å². The molecule has 0 heterocycles. The molecule has 102 valence electrons. The van der Waals surface area contributed by atoms with E-state index in [4.69, 9.17) is 5.73 Å². The minimum Gasteiger partial charge on any atom is -0.328 e. The Labute approximate surface area is 107 Å². The largest absolute Gasteiger partial charge is 0.328 e. The molecular weight excluding hydrogens is 210 g/mol. The van der Waals surface area contributed by atoms with Gasteiger partial charge in [0.05, 0.1) is 0 Å². The zero-order chi connectivity index (χ0) is 12.7. The molecule has 1 saturated carbocycles. The van der Waals surface area contributed by atoms with Crippen LogP contribution in [-0.4, -0.2) is 42.7 Å². The van der Waals surface area contributed by atoms with Gasteiger partial charge in [-0.3, -0.25) is 0 Å². The molecule has 3 atom stereocenters. The SMILES string of the molecule is CCN(CC)CCCC(C)NC1CCC(N)C1. The van der Waals surface area contributed by atoms with Crippen LogP contribution in [0.1, 0.15) is 52.9 Å². The molecule has 1 aliphatic rings. The number of rotatable bonds is 8. The van der Waals surface area contributed by atoms with Crippen molar-refractivity contribution in [2.45, 2.75) is 71.0 Å². The predicted molar refractivity (Wildman–Crippen MR) is 75.2 cm³/mol. The molecule has 3 heteroatoms. The molecule has 3 N–H and O–H groups in total. The van der Waals surface area contributed by atoms with Gasteiger partial charge in [-0.05, 0) is 58.7 Å². The maximum absolute atomic E-state index is 5.93. The Hall–Kier alpha value is -0.120. The Morgan fingerprint density at radius 1 is 1.29 bits per heavy atom. The van der Waals surface area contributed by atoms with Crippen molar-refractivity contribution in [2.75, 3.05) is 19.6 Å². The monoisotopic (exact) mass is 241 g/mol. The molecule has 1 rings (SSSR count). The van der Waals surface area contributed by atoms with Crippen LogP contribution in [0.25, 0.3) is 0 Å². The van der Waals surface area contributed by atoms with Crippen LogP contribution in [0.3, 0.4) is 0 Å². The third kappa shape index (κ3) is 5.84. The summed E-state index contributed by atoms with van der Waals surface area (Å²) in [5.74, 6) is 0. The topological polar surface area (TPSA) is 41.3 Å². The summed E-state index contributed by atoms with van der Waals surface area (Å²) < 4.78 is 0. The normalized spacial score (nSPS) is 26.6. The van der Waals surface area contributed by atoms with Gasteiger partial charge < -0.3 is 16.0 Å². The highest BCUT2D eigenvalue weighted by atomic mass is 15.1. The molecule has 0 aliphatic heterocycles. The molecular formula is C14H31N3.